The van der Waals surface area contributed by atoms with Crippen molar-refractivity contribution in [1.29, 1.82) is 0 Å². The van der Waals surface area contributed by atoms with Gasteiger partial charge in [0, 0.05) is 12.1 Å². The lowest BCUT2D eigenvalue weighted by molar-refractivity contribution is 0.00957. The molecule has 7 heteroatoms. The van der Waals surface area contributed by atoms with Crippen molar-refractivity contribution in [2.75, 3.05) is 6.54 Å². The zero-order valence-corrected chi connectivity index (χ0v) is 30.4. The Morgan fingerprint density at radius 3 is 0.933 bits per heavy atom. The van der Waals surface area contributed by atoms with Crippen LogP contribution in [0.1, 0.15) is 189 Å². The standard InChI is InChI=1S/C38H79NO6/c1-6-9-10-11-12-13-14-15-16-17-18-19-20-21-22-23-24-39(31(4)25-35(42)29-37(44)27-33(40)7-2)32(5)26-36(43)30-38(45)28-34(41)8-3/h31-38,40-45H,6-30H2,1-5H3. The zero-order valence-electron chi connectivity index (χ0n) is 30.4. The topological polar surface area (TPSA) is 125 Å². The van der Waals surface area contributed by atoms with E-state index in [9.17, 15) is 30.6 Å². The maximum atomic E-state index is 10.8. The van der Waals surface area contributed by atoms with Crippen LogP contribution >= 0.6 is 0 Å². The second-order valence-corrected chi connectivity index (χ2v) is 14.4. The summed E-state index contributed by atoms with van der Waals surface area (Å²) in [6.45, 7) is 11.1. The van der Waals surface area contributed by atoms with E-state index in [0.717, 1.165) is 13.0 Å². The van der Waals surface area contributed by atoms with E-state index in [2.05, 4.69) is 25.7 Å². The van der Waals surface area contributed by atoms with E-state index >= 15 is 0 Å². The van der Waals surface area contributed by atoms with E-state index in [1.54, 1.807) is 0 Å². The predicted molar refractivity (Wildman–Crippen MR) is 190 cm³/mol. The molecule has 0 spiro atoms. The lowest BCUT2D eigenvalue weighted by atomic mass is 9.96. The van der Waals surface area contributed by atoms with Crippen molar-refractivity contribution in [3.05, 3.63) is 0 Å². The fourth-order valence-electron chi connectivity index (χ4n) is 6.75. The van der Waals surface area contributed by atoms with Crippen LogP contribution in [-0.4, -0.2) is 90.8 Å². The van der Waals surface area contributed by atoms with Crippen LogP contribution in [0.5, 0.6) is 0 Å². The molecule has 0 aromatic carbocycles. The predicted octanol–water partition coefficient (Wildman–Crippen LogP) is 7.65. The molecule has 0 aliphatic carbocycles. The van der Waals surface area contributed by atoms with Crippen molar-refractivity contribution in [1.82, 2.24) is 4.90 Å². The highest BCUT2D eigenvalue weighted by atomic mass is 16.3. The Hall–Kier alpha value is -0.280. The summed E-state index contributed by atoms with van der Waals surface area (Å²) >= 11 is 0. The van der Waals surface area contributed by atoms with Gasteiger partial charge in [-0.2, -0.15) is 0 Å². The molecule has 0 saturated heterocycles. The Labute approximate surface area is 279 Å². The molecule has 8 atom stereocenters. The first-order chi connectivity index (χ1) is 21.5. The van der Waals surface area contributed by atoms with Gasteiger partial charge >= 0.3 is 0 Å². The number of rotatable bonds is 33. The summed E-state index contributed by atoms with van der Waals surface area (Å²) in [7, 11) is 0. The number of nitrogens with zero attached hydrogens (tertiary/aromatic N) is 1. The lowest BCUT2D eigenvalue weighted by Gasteiger charge is -2.37. The van der Waals surface area contributed by atoms with Crippen molar-refractivity contribution >= 4 is 0 Å². The summed E-state index contributed by atoms with van der Waals surface area (Å²) in [5.41, 5.74) is 0. The summed E-state index contributed by atoms with van der Waals surface area (Å²) in [4.78, 5) is 2.37. The van der Waals surface area contributed by atoms with E-state index in [1.807, 2.05) is 13.8 Å². The van der Waals surface area contributed by atoms with E-state index in [4.69, 9.17) is 0 Å². The van der Waals surface area contributed by atoms with E-state index in [0.29, 0.717) is 25.7 Å². The largest absolute Gasteiger partial charge is 0.393 e. The third-order valence-corrected chi connectivity index (χ3v) is 9.75. The van der Waals surface area contributed by atoms with Gasteiger partial charge in [-0.25, -0.2) is 0 Å². The van der Waals surface area contributed by atoms with Gasteiger partial charge in [0.15, 0.2) is 0 Å². The first-order valence-corrected chi connectivity index (χ1v) is 19.4. The van der Waals surface area contributed by atoms with Gasteiger partial charge in [0.25, 0.3) is 0 Å². The highest BCUT2D eigenvalue weighted by Gasteiger charge is 2.26. The monoisotopic (exact) mass is 646 g/mol. The van der Waals surface area contributed by atoms with Crippen LogP contribution in [-0.2, 0) is 0 Å². The fourth-order valence-corrected chi connectivity index (χ4v) is 6.75. The second-order valence-electron chi connectivity index (χ2n) is 14.4. The lowest BCUT2D eigenvalue weighted by Crippen LogP contribution is -2.44. The molecule has 8 unspecified atom stereocenters. The summed E-state index contributed by atoms with van der Waals surface area (Å²) in [6, 6.07) is 0.127. The van der Waals surface area contributed by atoms with Crippen molar-refractivity contribution in [3.63, 3.8) is 0 Å². The van der Waals surface area contributed by atoms with Gasteiger partial charge in [-0.15, -0.1) is 0 Å². The van der Waals surface area contributed by atoms with Gasteiger partial charge in [-0.3, -0.25) is 4.90 Å². The minimum absolute atomic E-state index is 0.0636. The first-order valence-electron chi connectivity index (χ1n) is 19.4. The van der Waals surface area contributed by atoms with Crippen LogP contribution in [0.4, 0.5) is 0 Å². The number of hydrogen-bond donors (Lipinski definition) is 6. The van der Waals surface area contributed by atoms with Crippen LogP contribution in [0.3, 0.4) is 0 Å². The molecule has 0 aliphatic rings. The average molecular weight is 646 g/mol. The maximum Gasteiger partial charge on any atom is 0.0589 e. The molecule has 0 fully saturated rings. The summed E-state index contributed by atoms with van der Waals surface area (Å²) in [5, 5.41) is 61.8. The molecule has 0 bridgehead atoms. The van der Waals surface area contributed by atoms with Crippen molar-refractivity contribution in [2.24, 2.45) is 0 Å². The van der Waals surface area contributed by atoms with Crippen LogP contribution < -0.4 is 0 Å². The number of unbranched alkanes of at least 4 members (excludes halogenated alkanes) is 15. The van der Waals surface area contributed by atoms with Gasteiger partial charge in [0.2, 0.25) is 0 Å². The Bertz CT molecular complexity index is 591. The molecule has 0 rings (SSSR count). The number of aliphatic hydroxyl groups excluding tert-OH is 6. The van der Waals surface area contributed by atoms with Gasteiger partial charge in [0.05, 0.1) is 36.6 Å². The van der Waals surface area contributed by atoms with Crippen molar-refractivity contribution < 1.29 is 30.6 Å². The van der Waals surface area contributed by atoms with Gasteiger partial charge < -0.3 is 30.6 Å². The van der Waals surface area contributed by atoms with Crippen molar-refractivity contribution in [3.8, 4) is 0 Å². The third kappa shape index (κ3) is 26.4. The third-order valence-electron chi connectivity index (χ3n) is 9.75. The molecule has 0 saturated carbocycles. The highest BCUT2D eigenvalue weighted by Crippen LogP contribution is 2.22. The van der Waals surface area contributed by atoms with Crippen LogP contribution in [0, 0.1) is 0 Å². The highest BCUT2D eigenvalue weighted by molar-refractivity contribution is 4.81. The van der Waals surface area contributed by atoms with Crippen LogP contribution in [0.25, 0.3) is 0 Å². The Morgan fingerprint density at radius 2 is 0.622 bits per heavy atom. The molecule has 0 aliphatic heterocycles. The molecule has 272 valence electrons. The van der Waals surface area contributed by atoms with Gasteiger partial charge in [-0.05, 0) is 78.2 Å². The second kappa shape index (κ2) is 29.8. The van der Waals surface area contributed by atoms with Crippen LogP contribution in [0.15, 0.2) is 0 Å². The Kier molecular flexibility index (Phi) is 29.6. The van der Waals surface area contributed by atoms with Crippen LogP contribution in [0.2, 0.25) is 0 Å². The smallest absolute Gasteiger partial charge is 0.0589 e. The zero-order chi connectivity index (χ0) is 33.9. The molecule has 0 aromatic rings. The minimum Gasteiger partial charge on any atom is -0.393 e. The molecule has 0 heterocycles. The molecular formula is C38H79NO6. The summed E-state index contributed by atoms with van der Waals surface area (Å²) in [5.74, 6) is 0. The van der Waals surface area contributed by atoms with Crippen molar-refractivity contribution in [2.45, 2.75) is 237 Å². The van der Waals surface area contributed by atoms with E-state index < -0.39 is 36.6 Å². The van der Waals surface area contributed by atoms with E-state index in [1.165, 1.54) is 96.3 Å². The van der Waals surface area contributed by atoms with E-state index in [-0.39, 0.29) is 37.8 Å². The summed E-state index contributed by atoms with van der Waals surface area (Å²) < 4.78 is 0. The first kappa shape index (κ1) is 44.7. The normalized spacial score (nSPS) is 17.6. The fraction of sp³-hybridized carbons (Fsp3) is 1.00. The number of aliphatic hydroxyl groups is 6. The quantitative estimate of drug-likeness (QED) is 0.0405. The maximum absolute atomic E-state index is 10.8. The molecule has 6 N–H and O–H groups in total. The molecular weight excluding hydrogens is 566 g/mol. The minimum atomic E-state index is -0.727. The Balaban J connectivity index is 4.58. The molecule has 0 aromatic heterocycles. The Morgan fingerprint density at radius 1 is 0.356 bits per heavy atom. The molecule has 45 heavy (non-hydrogen) atoms. The van der Waals surface area contributed by atoms with Gasteiger partial charge in [0.1, 0.15) is 0 Å². The molecule has 7 nitrogen and oxygen atoms in total. The molecule has 0 radical (unpaired) electrons. The average Bonchev–Trinajstić information content (AvgIpc) is 2.97. The number of hydrogen-bond acceptors (Lipinski definition) is 7. The summed E-state index contributed by atoms with van der Waals surface area (Å²) in [6.07, 6.45) is 20.7. The SMILES string of the molecule is CCCCCCCCCCCCCCCCCCN(C(C)CC(O)CC(O)CC(O)CC)C(C)CC(O)CC(O)CC(O)CC. The molecule has 0 amide bonds. The van der Waals surface area contributed by atoms with Gasteiger partial charge in [-0.1, -0.05) is 117 Å².